The van der Waals surface area contributed by atoms with Gasteiger partial charge in [0.05, 0.1) is 17.0 Å². The number of hydrogen-bond donors (Lipinski definition) is 1. The number of carbonyl (C=O) groups is 3. The third-order valence-corrected chi connectivity index (χ3v) is 4.39. The fraction of sp³-hybridized carbons (Fsp3) is 0.0556. The van der Waals surface area contributed by atoms with Gasteiger partial charge in [0.1, 0.15) is 0 Å². The molecule has 0 unspecified atom stereocenters. The van der Waals surface area contributed by atoms with E-state index in [2.05, 4.69) is 0 Å². The summed E-state index contributed by atoms with van der Waals surface area (Å²) in [6.45, 7) is 0.0535. The molecule has 120 valence electrons. The zero-order chi connectivity index (χ0) is 17.1. The van der Waals surface area contributed by atoms with E-state index in [9.17, 15) is 14.4 Å². The third kappa shape index (κ3) is 3.38. The Bertz CT molecular complexity index is 845. The summed E-state index contributed by atoms with van der Waals surface area (Å²) < 4.78 is 0. The van der Waals surface area contributed by atoms with Gasteiger partial charge in [0, 0.05) is 0 Å². The van der Waals surface area contributed by atoms with Gasteiger partial charge in [0.15, 0.2) is 0 Å². The number of carboxylic acids is 1. The Morgan fingerprint density at radius 2 is 1.83 bits per heavy atom. The van der Waals surface area contributed by atoms with E-state index < -0.39 is 5.97 Å². The second-order valence-corrected chi connectivity index (χ2v) is 6.18. The van der Waals surface area contributed by atoms with Gasteiger partial charge in [-0.2, -0.15) is 0 Å². The van der Waals surface area contributed by atoms with Gasteiger partial charge in [0.2, 0.25) is 0 Å². The van der Waals surface area contributed by atoms with E-state index in [4.69, 9.17) is 5.11 Å². The minimum atomic E-state index is -1.05. The quantitative estimate of drug-likeness (QED) is 0.861. The van der Waals surface area contributed by atoms with E-state index in [-0.39, 0.29) is 23.3 Å². The van der Waals surface area contributed by atoms with Crippen molar-refractivity contribution in [3.63, 3.8) is 0 Å². The van der Waals surface area contributed by atoms with Crippen LogP contribution in [0.25, 0.3) is 6.08 Å². The van der Waals surface area contributed by atoms with E-state index in [0.717, 1.165) is 22.2 Å². The fourth-order valence-corrected chi connectivity index (χ4v) is 3.16. The van der Waals surface area contributed by atoms with Crippen LogP contribution in [0.1, 0.15) is 21.5 Å². The zero-order valence-electron chi connectivity index (χ0n) is 12.5. The van der Waals surface area contributed by atoms with Crippen LogP contribution in [0.4, 0.5) is 4.79 Å². The van der Waals surface area contributed by atoms with Crippen LogP contribution in [0, 0.1) is 0 Å². The highest BCUT2D eigenvalue weighted by atomic mass is 32.2. The number of benzene rings is 2. The van der Waals surface area contributed by atoms with Gasteiger partial charge in [-0.05, 0) is 41.1 Å². The molecule has 1 saturated heterocycles. The standard InChI is InChI=1S/C18H13NO4S/c20-16-15(10-12-5-2-1-3-6-12)24-18(23)19(16)11-13-7-4-8-14(9-13)17(21)22/h1-10H,11H2,(H,21,22). The molecule has 24 heavy (non-hydrogen) atoms. The van der Waals surface area contributed by atoms with Gasteiger partial charge in [-0.1, -0.05) is 42.5 Å². The van der Waals surface area contributed by atoms with E-state index in [1.807, 2.05) is 30.3 Å². The van der Waals surface area contributed by atoms with Crippen molar-refractivity contribution in [1.82, 2.24) is 4.90 Å². The van der Waals surface area contributed by atoms with E-state index >= 15 is 0 Å². The molecular formula is C18H13NO4S. The lowest BCUT2D eigenvalue weighted by Crippen LogP contribution is -2.27. The predicted molar refractivity (Wildman–Crippen MR) is 91.4 cm³/mol. The molecule has 0 spiro atoms. The first-order valence-corrected chi connectivity index (χ1v) is 7.99. The minimum absolute atomic E-state index is 0.0535. The minimum Gasteiger partial charge on any atom is -0.478 e. The van der Waals surface area contributed by atoms with Crippen LogP contribution in [0.5, 0.6) is 0 Å². The van der Waals surface area contributed by atoms with Crippen molar-refractivity contribution in [1.29, 1.82) is 0 Å². The molecule has 0 aliphatic carbocycles. The molecule has 1 N–H and O–H groups in total. The molecule has 0 saturated carbocycles. The van der Waals surface area contributed by atoms with Crippen molar-refractivity contribution in [3.8, 4) is 0 Å². The number of thioether (sulfide) groups is 1. The number of aromatic carboxylic acids is 1. The smallest absolute Gasteiger partial charge is 0.335 e. The lowest BCUT2D eigenvalue weighted by atomic mass is 10.1. The lowest BCUT2D eigenvalue weighted by molar-refractivity contribution is -0.123. The zero-order valence-corrected chi connectivity index (χ0v) is 13.3. The molecule has 1 aliphatic heterocycles. The molecule has 1 aliphatic rings. The largest absolute Gasteiger partial charge is 0.478 e. The highest BCUT2D eigenvalue weighted by Gasteiger charge is 2.35. The molecule has 0 aromatic heterocycles. The van der Waals surface area contributed by atoms with Crippen molar-refractivity contribution in [2.45, 2.75) is 6.54 Å². The summed E-state index contributed by atoms with van der Waals surface area (Å²) in [7, 11) is 0. The molecule has 0 radical (unpaired) electrons. The maximum Gasteiger partial charge on any atom is 0.335 e. The summed E-state index contributed by atoms with van der Waals surface area (Å²) >= 11 is 0.889. The highest BCUT2D eigenvalue weighted by Crippen LogP contribution is 2.33. The topological polar surface area (TPSA) is 74.7 Å². The first-order chi connectivity index (χ1) is 11.5. The Balaban J connectivity index is 1.81. The molecule has 0 atom stereocenters. The molecule has 1 heterocycles. The normalized spacial score (nSPS) is 16.0. The average molecular weight is 339 g/mol. The Labute approximate surface area is 142 Å². The molecule has 5 nitrogen and oxygen atoms in total. The first-order valence-electron chi connectivity index (χ1n) is 7.17. The average Bonchev–Trinajstić information content (AvgIpc) is 2.83. The van der Waals surface area contributed by atoms with Gasteiger partial charge in [0.25, 0.3) is 11.1 Å². The summed E-state index contributed by atoms with van der Waals surface area (Å²) in [5.74, 6) is -1.41. The highest BCUT2D eigenvalue weighted by molar-refractivity contribution is 8.18. The Hall–Kier alpha value is -2.86. The molecule has 2 aromatic rings. The van der Waals surface area contributed by atoms with E-state index in [1.165, 1.54) is 12.1 Å². The van der Waals surface area contributed by atoms with E-state index in [0.29, 0.717) is 10.5 Å². The summed E-state index contributed by atoms with van der Waals surface area (Å²) in [6, 6.07) is 15.5. The maximum absolute atomic E-state index is 12.4. The number of rotatable bonds is 4. The number of hydrogen-bond acceptors (Lipinski definition) is 4. The van der Waals surface area contributed by atoms with Crippen LogP contribution in [0.3, 0.4) is 0 Å². The fourth-order valence-electron chi connectivity index (χ4n) is 2.32. The van der Waals surface area contributed by atoms with Crippen molar-refractivity contribution < 1.29 is 19.5 Å². The van der Waals surface area contributed by atoms with Crippen LogP contribution in [-0.2, 0) is 11.3 Å². The van der Waals surface area contributed by atoms with Crippen molar-refractivity contribution in [2.24, 2.45) is 0 Å². The summed E-state index contributed by atoms with van der Waals surface area (Å²) in [5.41, 5.74) is 1.56. The number of imide groups is 1. The molecule has 2 aromatic carbocycles. The van der Waals surface area contributed by atoms with Crippen LogP contribution >= 0.6 is 11.8 Å². The van der Waals surface area contributed by atoms with Gasteiger partial charge in [-0.3, -0.25) is 14.5 Å². The molecular weight excluding hydrogens is 326 g/mol. The number of carbonyl (C=O) groups excluding carboxylic acids is 2. The van der Waals surface area contributed by atoms with Crippen LogP contribution in [0.15, 0.2) is 59.5 Å². The summed E-state index contributed by atoms with van der Waals surface area (Å²) in [5, 5.41) is 8.66. The van der Waals surface area contributed by atoms with Crippen molar-refractivity contribution in [2.75, 3.05) is 0 Å². The molecule has 1 fully saturated rings. The number of nitrogens with zero attached hydrogens (tertiary/aromatic N) is 1. The first kappa shape index (κ1) is 16.0. The van der Waals surface area contributed by atoms with Gasteiger partial charge < -0.3 is 5.11 Å². The predicted octanol–water partition coefficient (Wildman–Crippen LogP) is 3.62. The van der Waals surface area contributed by atoms with Crippen LogP contribution in [0.2, 0.25) is 0 Å². The number of carboxylic acid groups (broad SMARTS) is 1. The SMILES string of the molecule is O=C(O)c1cccc(CN2C(=O)SC(=Cc3ccccc3)C2=O)c1. The molecule has 2 amide bonds. The van der Waals surface area contributed by atoms with E-state index in [1.54, 1.807) is 18.2 Å². The molecule has 0 bridgehead atoms. The summed E-state index contributed by atoms with van der Waals surface area (Å²) in [6.07, 6.45) is 1.68. The Kier molecular flexibility index (Phi) is 4.48. The van der Waals surface area contributed by atoms with Gasteiger partial charge >= 0.3 is 5.97 Å². The van der Waals surface area contributed by atoms with Gasteiger partial charge in [-0.25, -0.2) is 4.79 Å². The second kappa shape index (κ2) is 6.72. The van der Waals surface area contributed by atoms with Crippen molar-refractivity contribution >= 4 is 35.0 Å². The second-order valence-electron chi connectivity index (χ2n) is 5.18. The maximum atomic E-state index is 12.4. The number of amides is 2. The molecule has 3 rings (SSSR count). The van der Waals surface area contributed by atoms with Gasteiger partial charge in [-0.15, -0.1) is 0 Å². The molecule has 6 heteroatoms. The Morgan fingerprint density at radius 3 is 2.54 bits per heavy atom. The summed E-state index contributed by atoms with van der Waals surface area (Å²) in [4.78, 5) is 37.1. The lowest BCUT2D eigenvalue weighted by Gasteiger charge is -2.12. The monoisotopic (exact) mass is 339 g/mol. The van der Waals surface area contributed by atoms with Crippen LogP contribution in [-0.4, -0.2) is 27.1 Å². The van der Waals surface area contributed by atoms with Crippen LogP contribution < -0.4 is 0 Å². The third-order valence-electron chi connectivity index (χ3n) is 3.49. The Morgan fingerprint density at radius 1 is 1.08 bits per heavy atom. The van der Waals surface area contributed by atoms with Crippen molar-refractivity contribution in [3.05, 3.63) is 76.2 Å².